The first-order valence-electron chi connectivity index (χ1n) is 6.99. The Morgan fingerprint density at radius 3 is 2.80 bits per heavy atom. The van der Waals surface area contributed by atoms with Gasteiger partial charge in [0.2, 0.25) is 0 Å². The number of aryl methyl sites for hydroxylation is 1. The molecule has 0 saturated heterocycles. The molecule has 1 fully saturated rings. The predicted molar refractivity (Wildman–Crippen MR) is 83.8 cm³/mol. The minimum atomic E-state index is -0.267. The lowest BCUT2D eigenvalue weighted by atomic mass is 10.0. The SMILES string of the molecule is CCC1(Cn2c(CCCl)nc3cc(F)c(Br)cc32)CC1. The van der Waals surface area contributed by atoms with Crippen LogP contribution in [-0.2, 0) is 13.0 Å². The lowest BCUT2D eigenvalue weighted by Gasteiger charge is -2.16. The lowest BCUT2D eigenvalue weighted by molar-refractivity contribution is 0.408. The van der Waals surface area contributed by atoms with Crippen molar-refractivity contribution in [3.8, 4) is 0 Å². The van der Waals surface area contributed by atoms with Gasteiger partial charge in [-0.3, -0.25) is 0 Å². The summed E-state index contributed by atoms with van der Waals surface area (Å²) < 4.78 is 16.4. The van der Waals surface area contributed by atoms with Crippen molar-refractivity contribution in [3.63, 3.8) is 0 Å². The van der Waals surface area contributed by atoms with Crippen LogP contribution < -0.4 is 0 Å². The number of imidazole rings is 1. The summed E-state index contributed by atoms with van der Waals surface area (Å²) in [4.78, 5) is 4.57. The number of nitrogens with zero attached hydrogens (tertiary/aromatic N) is 2. The third-order valence-electron chi connectivity index (χ3n) is 4.39. The molecule has 1 aliphatic carbocycles. The molecule has 0 N–H and O–H groups in total. The molecule has 0 bridgehead atoms. The van der Waals surface area contributed by atoms with Gasteiger partial charge in [0.15, 0.2) is 0 Å². The van der Waals surface area contributed by atoms with Crippen molar-refractivity contribution < 1.29 is 4.39 Å². The molecular weight excluding hydrogens is 343 g/mol. The molecule has 1 aromatic carbocycles. The molecule has 0 spiro atoms. The summed E-state index contributed by atoms with van der Waals surface area (Å²) in [5.41, 5.74) is 2.13. The summed E-state index contributed by atoms with van der Waals surface area (Å²) in [5, 5.41) is 0. The van der Waals surface area contributed by atoms with E-state index in [-0.39, 0.29) is 5.82 Å². The van der Waals surface area contributed by atoms with Gasteiger partial charge in [-0.1, -0.05) is 6.92 Å². The molecule has 0 aliphatic heterocycles. The van der Waals surface area contributed by atoms with Crippen molar-refractivity contribution in [3.05, 3.63) is 28.2 Å². The van der Waals surface area contributed by atoms with Gasteiger partial charge >= 0.3 is 0 Å². The van der Waals surface area contributed by atoms with E-state index in [9.17, 15) is 4.39 Å². The van der Waals surface area contributed by atoms with Crippen LogP contribution in [0.25, 0.3) is 11.0 Å². The van der Waals surface area contributed by atoms with Crippen LogP contribution in [0, 0.1) is 11.2 Å². The fraction of sp³-hybridized carbons (Fsp3) is 0.533. The van der Waals surface area contributed by atoms with E-state index in [1.54, 1.807) is 0 Å². The maximum atomic E-state index is 13.7. The van der Waals surface area contributed by atoms with Gasteiger partial charge in [-0.05, 0) is 46.7 Å². The van der Waals surface area contributed by atoms with Crippen molar-refractivity contribution in [1.82, 2.24) is 9.55 Å². The molecule has 1 saturated carbocycles. The van der Waals surface area contributed by atoms with Gasteiger partial charge in [0, 0.05) is 24.9 Å². The quantitative estimate of drug-likeness (QED) is 0.694. The molecule has 0 unspecified atom stereocenters. The first-order chi connectivity index (χ1) is 9.58. The van der Waals surface area contributed by atoms with Crippen molar-refractivity contribution in [2.75, 3.05) is 5.88 Å². The zero-order valence-electron chi connectivity index (χ0n) is 11.4. The van der Waals surface area contributed by atoms with Crippen LogP contribution in [-0.4, -0.2) is 15.4 Å². The van der Waals surface area contributed by atoms with Crippen molar-refractivity contribution in [1.29, 1.82) is 0 Å². The van der Waals surface area contributed by atoms with E-state index >= 15 is 0 Å². The minimum Gasteiger partial charge on any atom is -0.327 e. The average molecular weight is 360 g/mol. The fourth-order valence-electron chi connectivity index (χ4n) is 2.76. The van der Waals surface area contributed by atoms with Gasteiger partial charge < -0.3 is 4.57 Å². The molecule has 2 nitrogen and oxygen atoms in total. The molecule has 0 amide bonds. The van der Waals surface area contributed by atoms with Gasteiger partial charge in [0.1, 0.15) is 11.6 Å². The molecule has 2 aromatic rings. The maximum Gasteiger partial charge on any atom is 0.139 e. The van der Waals surface area contributed by atoms with E-state index in [0.717, 1.165) is 29.8 Å². The minimum absolute atomic E-state index is 0.267. The lowest BCUT2D eigenvalue weighted by Crippen LogP contribution is -2.14. The largest absolute Gasteiger partial charge is 0.327 e. The van der Waals surface area contributed by atoms with Crippen LogP contribution in [0.3, 0.4) is 0 Å². The number of hydrogen-bond donors (Lipinski definition) is 0. The normalized spacial score (nSPS) is 16.8. The summed E-state index contributed by atoms with van der Waals surface area (Å²) in [7, 11) is 0. The predicted octanol–water partition coefficient (Wildman–Crippen LogP) is 4.91. The summed E-state index contributed by atoms with van der Waals surface area (Å²) in [6.45, 7) is 3.20. The monoisotopic (exact) mass is 358 g/mol. The van der Waals surface area contributed by atoms with Gasteiger partial charge in [0.25, 0.3) is 0 Å². The highest BCUT2D eigenvalue weighted by Gasteiger charge is 2.41. The van der Waals surface area contributed by atoms with Gasteiger partial charge in [-0.2, -0.15) is 0 Å². The third-order valence-corrected chi connectivity index (χ3v) is 5.18. The number of rotatable bonds is 5. The van der Waals surface area contributed by atoms with E-state index in [0.29, 0.717) is 15.8 Å². The Morgan fingerprint density at radius 1 is 1.45 bits per heavy atom. The highest BCUT2D eigenvalue weighted by molar-refractivity contribution is 9.10. The molecule has 0 atom stereocenters. The Hall–Kier alpha value is -0.610. The topological polar surface area (TPSA) is 17.8 Å². The highest BCUT2D eigenvalue weighted by atomic mass is 79.9. The molecule has 20 heavy (non-hydrogen) atoms. The zero-order valence-corrected chi connectivity index (χ0v) is 13.8. The molecule has 5 heteroatoms. The van der Waals surface area contributed by atoms with Crippen molar-refractivity contribution >= 4 is 38.6 Å². The van der Waals surface area contributed by atoms with E-state index < -0.39 is 0 Å². The van der Waals surface area contributed by atoms with E-state index in [1.165, 1.54) is 25.3 Å². The molecular formula is C15H17BrClFN2. The van der Waals surface area contributed by atoms with E-state index in [2.05, 4.69) is 32.4 Å². The molecule has 1 aromatic heterocycles. The van der Waals surface area contributed by atoms with Crippen LogP contribution >= 0.6 is 27.5 Å². The average Bonchev–Trinajstić information content (AvgIpc) is 3.13. The summed E-state index contributed by atoms with van der Waals surface area (Å²) in [5.74, 6) is 1.23. The van der Waals surface area contributed by atoms with Crippen LogP contribution in [0.1, 0.15) is 32.0 Å². The van der Waals surface area contributed by atoms with Gasteiger partial charge in [-0.15, -0.1) is 11.6 Å². The van der Waals surface area contributed by atoms with Crippen molar-refractivity contribution in [2.24, 2.45) is 5.41 Å². The Bertz CT molecular complexity index is 649. The number of alkyl halides is 1. The maximum absolute atomic E-state index is 13.7. The van der Waals surface area contributed by atoms with Crippen LogP contribution in [0.2, 0.25) is 0 Å². The molecule has 0 radical (unpaired) electrons. The first kappa shape index (κ1) is 14.3. The summed E-state index contributed by atoms with van der Waals surface area (Å²) >= 11 is 9.15. The highest BCUT2D eigenvalue weighted by Crippen LogP contribution is 2.50. The smallest absolute Gasteiger partial charge is 0.139 e. The molecule has 108 valence electrons. The first-order valence-corrected chi connectivity index (χ1v) is 8.31. The number of benzene rings is 1. The Balaban J connectivity index is 2.10. The van der Waals surface area contributed by atoms with Gasteiger partial charge in [-0.25, -0.2) is 9.37 Å². The molecule has 3 rings (SSSR count). The van der Waals surface area contributed by atoms with E-state index in [1.807, 2.05) is 6.07 Å². The van der Waals surface area contributed by atoms with Crippen LogP contribution in [0.5, 0.6) is 0 Å². The number of halogens is 3. The van der Waals surface area contributed by atoms with Gasteiger partial charge in [0.05, 0.1) is 15.5 Å². The van der Waals surface area contributed by atoms with Crippen LogP contribution in [0.4, 0.5) is 4.39 Å². The Morgan fingerprint density at radius 2 is 2.20 bits per heavy atom. The second-order valence-corrected chi connectivity index (χ2v) is 6.89. The number of hydrogen-bond acceptors (Lipinski definition) is 1. The summed E-state index contributed by atoms with van der Waals surface area (Å²) in [6.07, 6.45) is 4.43. The molecule has 1 aliphatic rings. The Kier molecular flexibility index (Phi) is 3.80. The van der Waals surface area contributed by atoms with E-state index in [4.69, 9.17) is 11.6 Å². The van der Waals surface area contributed by atoms with Crippen LogP contribution in [0.15, 0.2) is 16.6 Å². The summed E-state index contributed by atoms with van der Waals surface area (Å²) in [6, 6.07) is 3.33. The fourth-order valence-corrected chi connectivity index (χ4v) is 3.26. The standard InChI is InChI=1S/C15H17BrClFN2/c1-2-15(4-5-15)9-20-13-7-10(16)11(18)8-12(13)19-14(20)3-6-17/h7-8H,2-6,9H2,1H3. The Labute approximate surface area is 131 Å². The molecule has 1 heterocycles. The number of fused-ring (bicyclic) bond motifs is 1. The second kappa shape index (κ2) is 5.30. The third kappa shape index (κ3) is 2.48. The second-order valence-electron chi connectivity index (χ2n) is 5.66. The van der Waals surface area contributed by atoms with Crippen molar-refractivity contribution in [2.45, 2.75) is 39.2 Å². The zero-order chi connectivity index (χ0) is 14.3. The number of aromatic nitrogens is 2.